The van der Waals surface area contributed by atoms with Crippen molar-refractivity contribution in [2.24, 2.45) is 4.99 Å². The van der Waals surface area contributed by atoms with Gasteiger partial charge in [-0.2, -0.15) is 0 Å². The Balaban J connectivity index is 2.02. The van der Waals surface area contributed by atoms with Crippen molar-refractivity contribution in [2.45, 2.75) is 0 Å². The molecule has 20 heavy (non-hydrogen) atoms. The summed E-state index contributed by atoms with van der Waals surface area (Å²) >= 11 is 5.70. The highest BCUT2D eigenvalue weighted by molar-refractivity contribution is 6.31. The van der Waals surface area contributed by atoms with Gasteiger partial charge in [0.1, 0.15) is 5.82 Å². The van der Waals surface area contributed by atoms with E-state index in [-0.39, 0.29) is 10.9 Å². The van der Waals surface area contributed by atoms with Gasteiger partial charge in [0.05, 0.1) is 16.3 Å². The Morgan fingerprint density at radius 3 is 2.80 bits per heavy atom. The molecule has 3 aromatic rings. The molecule has 2 N–H and O–H groups in total. The van der Waals surface area contributed by atoms with E-state index in [1.54, 1.807) is 0 Å². The number of aromatic hydroxyl groups is 1. The molecule has 0 amide bonds. The van der Waals surface area contributed by atoms with Crippen molar-refractivity contribution >= 4 is 34.4 Å². The van der Waals surface area contributed by atoms with Crippen LogP contribution in [0.5, 0.6) is 5.88 Å². The average molecular weight is 289 g/mol. The predicted molar refractivity (Wildman–Crippen MR) is 78.6 cm³/mol. The summed E-state index contributed by atoms with van der Waals surface area (Å²) in [6, 6.07) is 11.7. The topological polar surface area (TPSA) is 48.4 Å². The smallest absolute Gasteiger partial charge is 0.198 e. The summed E-state index contributed by atoms with van der Waals surface area (Å²) < 4.78 is 13.1. The lowest BCUT2D eigenvalue weighted by molar-refractivity contribution is 0.457. The lowest BCUT2D eigenvalue weighted by Gasteiger charge is -1.96. The summed E-state index contributed by atoms with van der Waals surface area (Å²) in [6.45, 7) is 0. The van der Waals surface area contributed by atoms with Gasteiger partial charge >= 0.3 is 0 Å². The summed E-state index contributed by atoms with van der Waals surface area (Å²) in [6.07, 6.45) is 1.53. The largest absolute Gasteiger partial charge is 0.494 e. The van der Waals surface area contributed by atoms with E-state index in [2.05, 4.69) is 9.98 Å². The van der Waals surface area contributed by atoms with Crippen molar-refractivity contribution in [1.29, 1.82) is 0 Å². The van der Waals surface area contributed by atoms with Crippen LogP contribution >= 0.6 is 11.6 Å². The minimum atomic E-state index is -0.486. The molecule has 1 heterocycles. The minimum absolute atomic E-state index is 0.0165. The Bertz CT molecular complexity index is 811. The third-order valence-electron chi connectivity index (χ3n) is 2.97. The second-order valence-corrected chi connectivity index (χ2v) is 4.70. The van der Waals surface area contributed by atoms with Crippen LogP contribution in [0.3, 0.4) is 0 Å². The van der Waals surface area contributed by atoms with Gasteiger partial charge in [0.2, 0.25) is 0 Å². The molecule has 3 rings (SSSR count). The van der Waals surface area contributed by atoms with Crippen molar-refractivity contribution in [3.05, 3.63) is 58.9 Å². The van der Waals surface area contributed by atoms with E-state index in [4.69, 9.17) is 11.6 Å². The summed E-state index contributed by atoms with van der Waals surface area (Å²) in [5.41, 5.74) is 1.92. The van der Waals surface area contributed by atoms with Gasteiger partial charge in [-0.05, 0) is 24.3 Å². The number of hydrogen-bond acceptors (Lipinski definition) is 2. The molecule has 0 atom stereocenters. The molecule has 2 aromatic carbocycles. The highest BCUT2D eigenvalue weighted by Crippen LogP contribution is 2.27. The summed E-state index contributed by atoms with van der Waals surface area (Å²) in [5.74, 6) is -0.441. The monoisotopic (exact) mass is 288 g/mol. The van der Waals surface area contributed by atoms with Gasteiger partial charge in [-0.15, -0.1) is 0 Å². The van der Waals surface area contributed by atoms with Gasteiger partial charge in [0.15, 0.2) is 5.88 Å². The van der Waals surface area contributed by atoms with Crippen molar-refractivity contribution < 1.29 is 9.50 Å². The zero-order valence-electron chi connectivity index (χ0n) is 10.3. The van der Waals surface area contributed by atoms with Crippen molar-refractivity contribution in [3.63, 3.8) is 0 Å². The van der Waals surface area contributed by atoms with E-state index >= 15 is 0 Å². The Morgan fingerprint density at radius 2 is 2.00 bits per heavy atom. The average Bonchev–Trinajstić information content (AvgIpc) is 2.76. The molecule has 5 heteroatoms. The van der Waals surface area contributed by atoms with E-state index in [0.29, 0.717) is 11.3 Å². The first-order valence-electron chi connectivity index (χ1n) is 5.94. The number of rotatable bonds is 2. The molecule has 1 aromatic heterocycles. The molecule has 0 bridgehead atoms. The number of benzene rings is 2. The Morgan fingerprint density at radius 1 is 1.20 bits per heavy atom. The third-order valence-corrected chi connectivity index (χ3v) is 3.26. The number of nitrogens with one attached hydrogen (secondary N) is 1. The molecule has 0 radical (unpaired) electrons. The van der Waals surface area contributed by atoms with Gasteiger partial charge in [-0.25, -0.2) is 4.39 Å². The zero-order valence-corrected chi connectivity index (χ0v) is 11.0. The van der Waals surface area contributed by atoms with Crippen LogP contribution in [0, 0.1) is 5.82 Å². The van der Waals surface area contributed by atoms with Crippen LogP contribution in [0.15, 0.2) is 47.5 Å². The summed E-state index contributed by atoms with van der Waals surface area (Å²) in [7, 11) is 0. The lowest BCUT2D eigenvalue weighted by atomic mass is 10.2. The molecule has 0 spiro atoms. The first kappa shape index (κ1) is 12.7. The van der Waals surface area contributed by atoms with Crippen LogP contribution in [-0.2, 0) is 0 Å². The molecule has 0 aliphatic carbocycles. The van der Waals surface area contributed by atoms with Crippen LogP contribution in [0.4, 0.5) is 10.1 Å². The Kier molecular flexibility index (Phi) is 3.16. The van der Waals surface area contributed by atoms with E-state index in [9.17, 15) is 9.50 Å². The van der Waals surface area contributed by atoms with Crippen molar-refractivity contribution in [2.75, 3.05) is 0 Å². The third kappa shape index (κ3) is 2.26. The second kappa shape index (κ2) is 4.98. The number of aliphatic imine (C=N–C) groups is 1. The molecule has 0 saturated carbocycles. The first-order chi connectivity index (χ1) is 9.65. The van der Waals surface area contributed by atoms with Gasteiger partial charge < -0.3 is 10.1 Å². The fourth-order valence-electron chi connectivity index (χ4n) is 1.98. The fraction of sp³-hybridized carbons (Fsp3) is 0. The summed E-state index contributed by atoms with van der Waals surface area (Å²) in [5, 5.41) is 10.8. The lowest BCUT2D eigenvalue weighted by Crippen LogP contribution is -1.80. The van der Waals surface area contributed by atoms with Gasteiger partial charge in [0, 0.05) is 17.1 Å². The van der Waals surface area contributed by atoms with E-state index in [1.165, 1.54) is 24.4 Å². The second-order valence-electron chi connectivity index (χ2n) is 4.29. The maximum Gasteiger partial charge on any atom is 0.198 e. The molecule has 3 nitrogen and oxygen atoms in total. The Hall–Kier alpha value is -2.33. The predicted octanol–water partition coefficient (Wildman–Crippen LogP) is 4.42. The molecular formula is C15H10ClFN2O. The molecule has 100 valence electrons. The van der Waals surface area contributed by atoms with E-state index in [1.807, 2.05) is 24.3 Å². The number of nitrogens with zero attached hydrogens (tertiary/aromatic N) is 1. The maximum atomic E-state index is 13.1. The first-order valence-corrected chi connectivity index (χ1v) is 6.32. The van der Waals surface area contributed by atoms with Crippen LogP contribution in [0.25, 0.3) is 10.9 Å². The van der Waals surface area contributed by atoms with Gasteiger partial charge in [-0.3, -0.25) is 4.99 Å². The molecule has 0 saturated heterocycles. The number of H-pyrrole nitrogens is 1. The molecule has 0 aliphatic rings. The van der Waals surface area contributed by atoms with Gasteiger partial charge in [-0.1, -0.05) is 29.8 Å². The number of fused-ring (bicyclic) bond motifs is 1. The normalized spacial score (nSPS) is 11.5. The molecule has 0 unspecified atom stereocenters. The molecule has 0 aliphatic heterocycles. The number of hydrogen-bond donors (Lipinski definition) is 2. The highest BCUT2D eigenvalue weighted by Gasteiger charge is 2.07. The number of aromatic amines is 1. The highest BCUT2D eigenvalue weighted by atomic mass is 35.5. The summed E-state index contributed by atoms with van der Waals surface area (Å²) in [4.78, 5) is 7.07. The number of para-hydroxylation sites is 1. The van der Waals surface area contributed by atoms with Gasteiger partial charge in [0.25, 0.3) is 0 Å². The van der Waals surface area contributed by atoms with Crippen LogP contribution in [0.1, 0.15) is 5.56 Å². The number of aromatic nitrogens is 1. The standard InChI is InChI=1S/C15H10ClFN2O/c16-12-7-9(5-6-13(12)17)18-8-11-10-3-1-2-4-14(10)19-15(11)20/h1-8,19-20H. The molecular weight excluding hydrogens is 279 g/mol. The quantitative estimate of drug-likeness (QED) is 0.674. The van der Waals surface area contributed by atoms with Crippen LogP contribution < -0.4 is 0 Å². The molecule has 0 fully saturated rings. The van der Waals surface area contributed by atoms with E-state index in [0.717, 1.165) is 10.9 Å². The number of halogens is 2. The van der Waals surface area contributed by atoms with E-state index < -0.39 is 5.82 Å². The maximum absolute atomic E-state index is 13.1. The fourth-order valence-corrected chi connectivity index (χ4v) is 2.16. The zero-order chi connectivity index (χ0) is 14.1. The minimum Gasteiger partial charge on any atom is -0.494 e. The van der Waals surface area contributed by atoms with Crippen molar-refractivity contribution in [3.8, 4) is 5.88 Å². The van der Waals surface area contributed by atoms with Crippen molar-refractivity contribution in [1.82, 2.24) is 4.98 Å². The van der Waals surface area contributed by atoms with Crippen LogP contribution in [-0.4, -0.2) is 16.3 Å². The Labute approximate surface area is 119 Å². The SMILES string of the molecule is Oc1[nH]c2ccccc2c1C=Nc1ccc(F)c(Cl)c1. The van der Waals surface area contributed by atoms with Crippen LogP contribution in [0.2, 0.25) is 5.02 Å².